The standard InChI is InChI=1S/C16H34N2O/c1-6-14(4)18-16(19)15(5)17-12-10-8-7-9-11-13(2)3/h13-15,17H,6-12H2,1-5H3,(H,18,19). The Morgan fingerprint density at radius 1 is 1.00 bits per heavy atom. The summed E-state index contributed by atoms with van der Waals surface area (Å²) in [6, 6.07) is 0.192. The molecule has 2 atom stereocenters. The Labute approximate surface area is 119 Å². The normalized spacial score (nSPS) is 14.4. The Kier molecular flexibility index (Phi) is 10.9. The number of amides is 1. The van der Waals surface area contributed by atoms with E-state index in [1.807, 2.05) is 13.8 Å². The summed E-state index contributed by atoms with van der Waals surface area (Å²) >= 11 is 0. The van der Waals surface area contributed by atoms with E-state index in [2.05, 4.69) is 31.4 Å². The van der Waals surface area contributed by atoms with Gasteiger partial charge in [0.1, 0.15) is 0 Å². The maximum atomic E-state index is 11.8. The maximum absolute atomic E-state index is 11.8. The van der Waals surface area contributed by atoms with Gasteiger partial charge in [-0.3, -0.25) is 4.79 Å². The molecule has 0 aliphatic heterocycles. The van der Waals surface area contributed by atoms with Crippen LogP contribution in [0.15, 0.2) is 0 Å². The molecule has 0 aliphatic rings. The van der Waals surface area contributed by atoms with Gasteiger partial charge < -0.3 is 10.6 Å². The topological polar surface area (TPSA) is 41.1 Å². The first kappa shape index (κ1) is 18.4. The van der Waals surface area contributed by atoms with Gasteiger partial charge in [0.15, 0.2) is 0 Å². The summed E-state index contributed by atoms with van der Waals surface area (Å²) < 4.78 is 0. The van der Waals surface area contributed by atoms with E-state index >= 15 is 0 Å². The molecule has 0 aliphatic carbocycles. The Bertz CT molecular complexity index is 229. The fourth-order valence-electron chi connectivity index (χ4n) is 1.91. The molecule has 0 saturated heterocycles. The number of hydrogen-bond acceptors (Lipinski definition) is 2. The lowest BCUT2D eigenvalue weighted by Gasteiger charge is -2.17. The zero-order valence-corrected chi connectivity index (χ0v) is 13.6. The van der Waals surface area contributed by atoms with Crippen molar-refractivity contribution >= 4 is 5.91 Å². The Hall–Kier alpha value is -0.570. The first-order valence-corrected chi connectivity index (χ1v) is 8.01. The van der Waals surface area contributed by atoms with Crippen LogP contribution >= 0.6 is 0 Å². The SMILES string of the molecule is CCC(C)NC(=O)C(C)NCCCCCCC(C)C. The summed E-state index contributed by atoms with van der Waals surface area (Å²) in [5, 5.41) is 6.30. The summed E-state index contributed by atoms with van der Waals surface area (Å²) in [6.45, 7) is 11.6. The second-order valence-corrected chi connectivity index (χ2v) is 6.09. The van der Waals surface area contributed by atoms with Gasteiger partial charge in [-0.15, -0.1) is 0 Å². The van der Waals surface area contributed by atoms with Crippen LogP contribution in [0.1, 0.15) is 73.1 Å². The minimum absolute atomic E-state index is 0.0790. The predicted molar refractivity (Wildman–Crippen MR) is 83.3 cm³/mol. The molecule has 0 radical (unpaired) electrons. The molecule has 0 spiro atoms. The van der Waals surface area contributed by atoms with E-state index in [1.165, 1.54) is 32.1 Å². The van der Waals surface area contributed by atoms with Crippen LogP contribution in [0.2, 0.25) is 0 Å². The van der Waals surface area contributed by atoms with Crippen molar-refractivity contribution in [3.63, 3.8) is 0 Å². The molecular weight excluding hydrogens is 236 g/mol. The second-order valence-electron chi connectivity index (χ2n) is 6.09. The van der Waals surface area contributed by atoms with Gasteiger partial charge in [0.2, 0.25) is 5.91 Å². The molecule has 3 nitrogen and oxygen atoms in total. The molecule has 0 rings (SSSR count). The minimum atomic E-state index is -0.0790. The zero-order valence-electron chi connectivity index (χ0n) is 13.6. The summed E-state index contributed by atoms with van der Waals surface area (Å²) in [7, 11) is 0. The van der Waals surface area contributed by atoms with Crippen LogP contribution in [-0.4, -0.2) is 24.5 Å². The van der Waals surface area contributed by atoms with E-state index in [0.717, 1.165) is 18.9 Å². The van der Waals surface area contributed by atoms with Crippen LogP contribution in [0.5, 0.6) is 0 Å². The van der Waals surface area contributed by atoms with Crippen molar-refractivity contribution in [1.29, 1.82) is 0 Å². The number of unbranched alkanes of at least 4 members (excludes halogenated alkanes) is 3. The molecule has 114 valence electrons. The van der Waals surface area contributed by atoms with E-state index in [0.29, 0.717) is 0 Å². The molecule has 19 heavy (non-hydrogen) atoms. The summed E-state index contributed by atoms with van der Waals surface area (Å²) in [5.41, 5.74) is 0. The fraction of sp³-hybridized carbons (Fsp3) is 0.938. The van der Waals surface area contributed by atoms with Crippen molar-refractivity contribution in [3.8, 4) is 0 Å². The summed E-state index contributed by atoms with van der Waals surface area (Å²) in [4.78, 5) is 11.8. The smallest absolute Gasteiger partial charge is 0.237 e. The maximum Gasteiger partial charge on any atom is 0.237 e. The fourth-order valence-corrected chi connectivity index (χ4v) is 1.91. The van der Waals surface area contributed by atoms with Crippen molar-refractivity contribution in [2.75, 3.05) is 6.54 Å². The molecule has 0 bridgehead atoms. The van der Waals surface area contributed by atoms with Crippen LogP contribution < -0.4 is 10.6 Å². The Morgan fingerprint density at radius 2 is 1.63 bits per heavy atom. The summed E-state index contributed by atoms with van der Waals surface area (Å²) in [6.07, 6.45) is 7.39. The quantitative estimate of drug-likeness (QED) is 0.564. The summed E-state index contributed by atoms with van der Waals surface area (Å²) in [5.74, 6) is 0.941. The molecule has 0 aromatic carbocycles. The average Bonchev–Trinajstić information content (AvgIpc) is 2.36. The van der Waals surface area contributed by atoms with E-state index in [4.69, 9.17) is 0 Å². The number of carbonyl (C=O) groups excluding carboxylic acids is 1. The molecule has 0 saturated carbocycles. The number of nitrogens with one attached hydrogen (secondary N) is 2. The van der Waals surface area contributed by atoms with Crippen molar-refractivity contribution in [2.45, 2.75) is 85.2 Å². The molecule has 0 aromatic heterocycles. The zero-order chi connectivity index (χ0) is 14.7. The van der Waals surface area contributed by atoms with Crippen LogP contribution in [0.25, 0.3) is 0 Å². The first-order chi connectivity index (χ1) is 8.97. The minimum Gasteiger partial charge on any atom is -0.352 e. The third-order valence-electron chi connectivity index (χ3n) is 3.55. The van der Waals surface area contributed by atoms with Crippen molar-refractivity contribution in [3.05, 3.63) is 0 Å². The van der Waals surface area contributed by atoms with Crippen LogP contribution in [0.4, 0.5) is 0 Å². The molecule has 0 heterocycles. The van der Waals surface area contributed by atoms with Crippen LogP contribution in [0, 0.1) is 5.92 Å². The average molecular weight is 270 g/mol. The van der Waals surface area contributed by atoms with Gasteiger partial charge in [0.05, 0.1) is 6.04 Å². The molecule has 0 fully saturated rings. The predicted octanol–water partition coefficient (Wildman–Crippen LogP) is 3.49. The molecule has 3 heteroatoms. The number of carbonyl (C=O) groups is 1. The van der Waals surface area contributed by atoms with Crippen LogP contribution in [0.3, 0.4) is 0 Å². The van der Waals surface area contributed by atoms with Gasteiger partial charge in [-0.05, 0) is 39.2 Å². The van der Waals surface area contributed by atoms with Crippen LogP contribution in [-0.2, 0) is 4.79 Å². The highest BCUT2D eigenvalue weighted by molar-refractivity contribution is 5.81. The highest BCUT2D eigenvalue weighted by Crippen LogP contribution is 2.08. The van der Waals surface area contributed by atoms with Gasteiger partial charge in [0, 0.05) is 6.04 Å². The molecule has 0 aromatic rings. The molecular formula is C16H34N2O. The van der Waals surface area contributed by atoms with E-state index < -0.39 is 0 Å². The van der Waals surface area contributed by atoms with E-state index in [-0.39, 0.29) is 18.0 Å². The molecule has 2 N–H and O–H groups in total. The largest absolute Gasteiger partial charge is 0.352 e. The first-order valence-electron chi connectivity index (χ1n) is 8.01. The molecule has 2 unspecified atom stereocenters. The highest BCUT2D eigenvalue weighted by atomic mass is 16.2. The monoisotopic (exact) mass is 270 g/mol. The third kappa shape index (κ3) is 11.0. The molecule has 1 amide bonds. The Morgan fingerprint density at radius 3 is 2.21 bits per heavy atom. The number of rotatable bonds is 11. The van der Waals surface area contributed by atoms with E-state index in [1.54, 1.807) is 0 Å². The van der Waals surface area contributed by atoms with Crippen molar-refractivity contribution < 1.29 is 4.79 Å². The van der Waals surface area contributed by atoms with Gasteiger partial charge in [-0.2, -0.15) is 0 Å². The third-order valence-corrected chi connectivity index (χ3v) is 3.55. The van der Waals surface area contributed by atoms with E-state index in [9.17, 15) is 4.79 Å². The van der Waals surface area contributed by atoms with Gasteiger partial charge in [-0.25, -0.2) is 0 Å². The van der Waals surface area contributed by atoms with Crippen molar-refractivity contribution in [1.82, 2.24) is 10.6 Å². The second kappa shape index (κ2) is 11.3. The van der Waals surface area contributed by atoms with Gasteiger partial charge in [-0.1, -0.05) is 46.5 Å². The van der Waals surface area contributed by atoms with Crippen molar-refractivity contribution in [2.24, 2.45) is 5.92 Å². The highest BCUT2D eigenvalue weighted by Gasteiger charge is 2.13. The number of hydrogen-bond donors (Lipinski definition) is 2. The van der Waals surface area contributed by atoms with Gasteiger partial charge in [0.25, 0.3) is 0 Å². The lowest BCUT2D eigenvalue weighted by molar-refractivity contribution is -0.123. The van der Waals surface area contributed by atoms with Gasteiger partial charge >= 0.3 is 0 Å². The lowest BCUT2D eigenvalue weighted by atomic mass is 10.0. The lowest BCUT2D eigenvalue weighted by Crippen LogP contribution is -2.45. The Balaban J connectivity index is 3.47.